The van der Waals surface area contributed by atoms with Crippen molar-refractivity contribution in [1.82, 2.24) is 10.6 Å². The molecule has 2 aromatic rings. The summed E-state index contributed by atoms with van der Waals surface area (Å²) in [6.45, 7) is 1.26. The van der Waals surface area contributed by atoms with Crippen LogP contribution in [0.15, 0.2) is 48.5 Å². The summed E-state index contributed by atoms with van der Waals surface area (Å²) in [5, 5.41) is 12.8. The number of alkyl carbamates (subject to hydrolysis) is 1. The minimum atomic E-state index is -4.97. The molecule has 0 aromatic heterocycles. The Kier molecular flexibility index (Phi) is 8.02. The number of fused-ring (bicyclic) bond motifs is 3. The van der Waals surface area contributed by atoms with Gasteiger partial charge >= 0.3 is 18.2 Å². The smallest absolute Gasteiger partial charge is 0.409 e. The molecule has 10 heteroatoms. The number of halogens is 3. The molecular formula is C25H23F3N2O5. The molecule has 0 fully saturated rings. The van der Waals surface area contributed by atoms with E-state index in [4.69, 9.17) is 9.84 Å². The lowest BCUT2D eigenvalue weighted by atomic mass is 9.98. The van der Waals surface area contributed by atoms with Gasteiger partial charge in [0, 0.05) is 12.3 Å². The molecular weight excluding hydrogens is 465 g/mol. The molecule has 1 aliphatic rings. The third-order valence-corrected chi connectivity index (χ3v) is 5.54. The maximum atomic E-state index is 13.5. The lowest BCUT2D eigenvalue weighted by Crippen LogP contribution is -2.50. The van der Waals surface area contributed by atoms with Crippen LogP contribution in [0.3, 0.4) is 0 Å². The van der Waals surface area contributed by atoms with E-state index in [1.807, 2.05) is 53.8 Å². The molecule has 7 nitrogen and oxygen atoms in total. The largest absolute Gasteiger partial charge is 0.480 e. The maximum Gasteiger partial charge on any atom is 0.409 e. The van der Waals surface area contributed by atoms with E-state index in [1.165, 1.54) is 6.92 Å². The first-order chi connectivity index (χ1) is 16.6. The molecule has 3 N–H and O–H groups in total. The number of carbonyl (C=O) groups is 3. The van der Waals surface area contributed by atoms with Gasteiger partial charge < -0.3 is 20.5 Å². The highest BCUT2D eigenvalue weighted by Crippen LogP contribution is 2.44. The SMILES string of the molecule is CC#CCC(NC(=O)CC(NC(=O)OCC1c2ccccc2-c2ccccc21)C(F)(F)F)C(=O)O. The quantitative estimate of drug-likeness (QED) is 0.490. The van der Waals surface area contributed by atoms with E-state index in [0.717, 1.165) is 22.3 Å². The minimum Gasteiger partial charge on any atom is -0.480 e. The summed E-state index contributed by atoms with van der Waals surface area (Å²) in [5.41, 5.74) is 3.71. The number of ether oxygens (including phenoxy) is 1. The average molecular weight is 488 g/mol. The highest BCUT2D eigenvalue weighted by atomic mass is 19.4. The summed E-state index contributed by atoms with van der Waals surface area (Å²) < 4.78 is 45.6. The number of carbonyl (C=O) groups excluding carboxylic acids is 2. The van der Waals surface area contributed by atoms with Gasteiger partial charge in [-0.3, -0.25) is 4.79 Å². The van der Waals surface area contributed by atoms with Gasteiger partial charge in [0.05, 0.1) is 6.42 Å². The number of hydrogen-bond acceptors (Lipinski definition) is 4. The van der Waals surface area contributed by atoms with Gasteiger partial charge in [-0.2, -0.15) is 13.2 Å². The van der Waals surface area contributed by atoms with Gasteiger partial charge in [0.15, 0.2) is 0 Å². The van der Waals surface area contributed by atoms with E-state index < -0.39 is 42.7 Å². The molecule has 0 spiro atoms. The molecule has 2 atom stereocenters. The van der Waals surface area contributed by atoms with Gasteiger partial charge in [-0.25, -0.2) is 9.59 Å². The van der Waals surface area contributed by atoms with Crippen LogP contribution in [0.1, 0.15) is 36.8 Å². The number of aliphatic carboxylic acids is 1. The summed E-state index contributed by atoms with van der Waals surface area (Å²) in [4.78, 5) is 35.5. The number of amides is 2. The number of alkyl halides is 3. The molecule has 2 unspecified atom stereocenters. The van der Waals surface area contributed by atoms with Crippen molar-refractivity contribution in [3.8, 4) is 23.0 Å². The Hall–Kier alpha value is -4.00. The van der Waals surface area contributed by atoms with Crippen LogP contribution >= 0.6 is 0 Å². The second-order valence-electron chi connectivity index (χ2n) is 7.86. The second-order valence-corrected chi connectivity index (χ2v) is 7.86. The fraction of sp³-hybridized carbons (Fsp3) is 0.320. The molecule has 2 amide bonds. The zero-order valence-electron chi connectivity index (χ0n) is 18.7. The zero-order valence-corrected chi connectivity index (χ0v) is 18.7. The zero-order chi connectivity index (χ0) is 25.6. The second kappa shape index (κ2) is 11.0. The molecule has 0 heterocycles. The van der Waals surface area contributed by atoms with Crippen molar-refractivity contribution in [1.29, 1.82) is 0 Å². The number of benzene rings is 2. The van der Waals surface area contributed by atoms with E-state index in [2.05, 4.69) is 11.8 Å². The summed E-state index contributed by atoms with van der Waals surface area (Å²) in [6.07, 6.45) is -7.79. The van der Waals surface area contributed by atoms with Gasteiger partial charge in [0.2, 0.25) is 5.91 Å². The van der Waals surface area contributed by atoms with Crippen molar-refractivity contribution < 1.29 is 37.4 Å². The van der Waals surface area contributed by atoms with Crippen molar-refractivity contribution in [3.63, 3.8) is 0 Å². The van der Waals surface area contributed by atoms with Crippen molar-refractivity contribution in [2.24, 2.45) is 0 Å². The Morgan fingerprint density at radius 3 is 2.11 bits per heavy atom. The summed E-state index contributed by atoms with van der Waals surface area (Å²) in [6, 6.07) is 10.9. The number of rotatable bonds is 8. The van der Waals surface area contributed by atoms with Crippen LogP contribution in [-0.4, -0.2) is 47.9 Å². The molecule has 0 saturated heterocycles. The van der Waals surface area contributed by atoms with E-state index in [-0.39, 0.29) is 18.9 Å². The van der Waals surface area contributed by atoms with Crippen LogP contribution in [0, 0.1) is 11.8 Å². The molecule has 35 heavy (non-hydrogen) atoms. The summed E-state index contributed by atoms with van der Waals surface area (Å²) in [5.74, 6) is 1.92. The van der Waals surface area contributed by atoms with Gasteiger partial charge in [0.1, 0.15) is 18.7 Å². The molecule has 0 aliphatic heterocycles. The normalized spacial score (nSPS) is 13.9. The number of carboxylic acid groups (broad SMARTS) is 1. The van der Waals surface area contributed by atoms with Crippen LogP contribution < -0.4 is 10.6 Å². The van der Waals surface area contributed by atoms with E-state index in [1.54, 1.807) is 5.32 Å². The molecule has 184 valence electrons. The Bertz CT molecular complexity index is 1120. The van der Waals surface area contributed by atoms with Gasteiger partial charge in [-0.15, -0.1) is 11.8 Å². The fourth-order valence-corrected chi connectivity index (χ4v) is 3.87. The van der Waals surface area contributed by atoms with Crippen molar-refractivity contribution in [2.45, 2.75) is 43.9 Å². The lowest BCUT2D eigenvalue weighted by molar-refractivity contribution is -0.160. The van der Waals surface area contributed by atoms with E-state index in [0.29, 0.717) is 0 Å². The first-order valence-corrected chi connectivity index (χ1v) is 10.7. The number of nitrogens with one attached hydrogen (secondary N) is 2. The monoisotopic (exact) mass is 488 g/mol. The Labute approximate surface area is 199 Å². The highest BCUT2D eigenvalue weighted by molar-refractivity contribution is 5.84. The third-order valence-electron chi connectivity index (χ3n) is 5.54. The average Bonchev–Trinajstić information content (AvgIpc) is 3.13. The van der Waals surface area contributed by atoms with Gasteiger partial charge in [-0.1, -0.05) is 48.5 Å². The molecule has 0 saturated carbocycles. The minimum absolute atomic E-state index is 0.201. The predicted molar refractivity (Wildman–Crippen MR) is 120 cm³/mol. The van der Waals surface area contributed by atoms with Gasteiger partial charge in [0.25, 0.3) is 0 Å². The predicted octanol–water partition coefficient (Wildman–Crippen LogP) is 3.83. The molecule has 1 aliphatic carbocycles. The van der Waals surface area contributed by atoms with Crippen LogP contribution in [-0.2, 0) is 14.3 Å². The van der Waals surface area contributed by atoms with E-state index in [9.17, 15) is 27.6 Å². The van der Waals surface area contributed by atoms with Crippen LogP contribution in [0.4, 0.5) is 18.0 Å². The Morgan fingerprint density at radius 1 is 1.03 bits per heavy atom. The van der Waals surface area contributed by atoms with Crippen molar-refractivity contribution in [3.05, 3.63) is 59.7 Å². The number of carboxylic acids is 1. The Balaban J connectivity index is 1.64. The standard InChI is InChI=1S/C25H23F3N2O5/c1-2-3-12-20(23(32)33)29-22(31)13-21(25(26,27)28)30-24(34)35-14-19-17-10-6-4-8-15(17)16-9-5-7-11-18(16)19/h4-11,19-21H,12-14H2,1H3,(H,29,31)(H,30,34)(H,32,33). The third kappa shape index (κ3) is 6.32. The lowest BCUT2D eigenvalue weighted by Gasteiger charge is -2.22. The van der Waals surface area contributed by atoms with E-state index >= 15 is 0 Å². The Morgan fingerprint density at radius 2 is 1.60 bits per heavy atom. The topological polar surface area (TPSA) is 105 Å². The molecule has 0 radical (unpaired) electrons. The summed E-state index contributed by atoms with van der Waals surface area (Å²) >= 11 is 0. The first kappa shape index (κ1) is 25.6. The molecule has 2 aromatic carbocycles. The molecule has 3 rings (SSSR count). The van der Waals surface area contributed by atoms with Crippen molar-refractivity contribution >= 4 is 18.0 Å². The molecule has 0 bridgehead atoms. The maximum absolute atomic E-state index is 13.5. The van der Waals surface area contributed by atoms with Gasteiger partial charge in [-0.05, 0) is 29.2 Å². The van der Waals surface area contributed by atoms with Crippen LogP contribution in [0.25, 0.3) is 11.1 Å². The first-order valence-electron chi connectivity index (χ1n) is 10.7. The number of hydrogen-bond donors (Lipinski definition) is 3. The highest BCUT2D eigenvalue weighted by Gasteiger charge is 2.43. The van der Waals surface area contributed by atoms with Crippen molar-refractivity contribution in [2.75, 3.05) is 6.61 Å². The van der Waals surface area contributed by atoms with Crippen LogP contribution in [0.2, 0.25) is 0 Å². The van der Waals surface area contributed by atoms with Crippen LogP contribution in [0.5, 0.6) is 0 Å². The summed E-state index contributed by atoms with van der Waals surface area (Å²) in [7, 11) is 0. The fourth-order valence-electron chi connectivity index (χ4n) is 3.87.